The normalized spacial score (nSPS) is 21.6. The highest BCUT2D eigenvalue weighted by molar-refractivity contribution is 7.88. The summed E-state index contributed by atoms with van der Waals surface area (Å²) in [5.41, 5.74) is 0.857. The van der Waals surface area contributed by atoms with E-state index in [0.717, 1.165) is 38.6 Å². The molecule has 0 saturated carbocycles. The maximum absolute atomic E-state index is 12.7. The first-order valence-electron chi connectivity index (χ1n) is 8.58. The van der Waals surface area contributed by atoms with Gasteiger partial charge in [0, 0.05) is 38.4 Å². The van der Waals surface area contributed by atoms with Crippen molar-refractivity contribution in [3.05, 3.63) is 23.5 Å². The highest BCUT2D eigenvalue weighted by Crippen LogP contribution is 2.17. The van der Waals surface area contributed by atoms with E-state index >= 15 is 0 Å². The lowest BCUT2D eigenvalue weighted by Crippen LogP contribution is -2.49. The molecule has 0 spiro atoms. The summed E-state index contributed by atoms with van der Waals surface area (Å²) >= 11 is 0. The number of nitrogens with zero attached hydrogens (tertiary/aromatic N) is 2. The molecule has 138 valence electrons. The van der Waals surface area contributed by atoms with Gasteiger partial charge in [0.1, 0.15) is 5.69 Å². The standard InChI is InChI=1S/C16H24N4O4S/c1-25(23,24)18-13-5-4-8-20(11-13)15(21)12-9-14(17-10-12)16(22)19-6-2-3-7-19/h9-10,13,17-18H,2-8,11H2,1H3/t13-/m1/s1. The van der Waals surface area contributed by atoms with Gasteiger partial charge in [-0.25, -0.2) is 13.1 Å². The molecule has 2 aliphatic heterocycles. The maximum Gasteiger partial charge on any atom is 0.270 e. The first-order chi connectivity index (χ1) is 11.8. The second-order valence-corrected chi connectivity index (χ2v) is 8.56. The van der Waals surface area contributed by atoms with Crippen LogP contribution in [-0.4, -0.2) is 73.5 Å². The Morgan fingerprint density at radius 2 is 1.80 bits per heavy atom. The average molecular weight is 368 g/mol. The van der Waals surface area contributed by atoms with Crippen molar-refractivity contribution in [2.45, 2.75) is 31.7 Å². The highest BCUT2D eigenvalue weighted by atomic mass is 32.2. The number of aromatic amines is 1. The minimum atomic E-state index is -3.30. The SMILES string of the molecule is CS(=O)(=O)N[C@@H]1CCCN(C(=O)c2c[nH]c(C(=O)N3CCCC3)c2)C1. The molecule has 0 aromatic carbocycles. The Balaban J connectivity index is 1.65. The van der Waals surface area contributed by atoms with Crippen molar-refractivity contribution < 1.29 is 18.0 Å². The molecule has 25 heavy (non-hydrogen) atoms. The molecule has 3 heterocycles. The van der Waals surface area contributed by atoms with E-state index in [2.05, 4.69) is 9.71 Å². The summed E-state index contributed by atoms with van der Waals surface area (Å²) in [6.07, 6.45) is 6.16. The summed E-state index contributed by atoms with van der Waals surface area (Å²) in [6.45, 7) is 2.44. The van der Waals surface area contributed by atoms with Crippen LogP contribution >= 0.6 is 0 Å². The molecule has 2 fully saturated rings. The molecule has 1 aromatic rings. The number of sulfonamides is 1. The number of aromatic nitrogens is 1. The number of nitrogens with one attached hydrogen (secondary N) is 2. The Hall–Kier alpha value is -1.87. The van der Waals surface area contributed by atoms with Crippen LogP contribution in [0, 0.1) is 0 Å². The number of likely N-dealkylation sites (tertiary alicyclic amines) is 2. The fourth-order valence-electron chi connectivity index (χ4n) is 3.47. The van der Waals surface area contributed by atoms with Crippen molar-refractivity contribution in [3.63, 3.8) is 0 Å². The Bertz CT molecular complexity index is 752. The van der Waals surface area contributed by atoms with Gasteiger partial charge < -0.3 is 14.8 Å². The monoisotopic (exact) mass is 368 g/mol. The Morgan fingerprint density at radius 1 is 1.12 bits per heavy atom. The molecule has 9 heteroatoms. The number of hydrogen-bond acceptors (Lipinski definition) is 4. The zero-order chi connectivity index (χ0) is 18.0. The predicted molar refractivity (Wildman–Crippen MR) is 92.8 cm³/mol. The van der Waals surface area contributed by atoms with Crippen molar-refractivity contribution in [1.82, 2.24) is 19.5 Å². The van der Waals surface area contributed by atoms with E-state index in [4.69, 9.17) is 0 Å². The summed E-state index contributed by atoms with van der Waals surface area (Å²) < 4.78 is 25.3. The Morgan fingerprint density at radius 3 is 2.48 bits per heavy atom. The Labute approximate surface area is 147 Å². The summed E-state index contributed by atoms with van der Waals surface area (Å²) in [7, 11) is -3.30. The molecular weight excluding hydrogens is 344 g/mol. The summed E-state index contributed by atoms with van der Waals surface area (Å²) in [5.74, 6) is -0.261. The number of hydrogen-bond donors (Lipinski definition) is 2. The molecule has 8 nitrogen and oxygen atoms in total. The quantitative estimate of drug-likeness (QED) is 0.803. The molecule has 1 aromatic heterocycles. The molecule has 2 amide bonds. The lowest BCUT2D eigenvalue weighted by atomic mass is 10.1. The first kappa shape index (κ1) is 17.9. The van der Waals surface area contributed by atoms with E-state index < -0.39 is 10.0 Å². The van der Waals surface area contributed by atoms with Crippen molar-refractivity contribution in [2.75, 3.05) is 32.4 Å². The van der Waals surface area contributed by atoms with Gasteiger partial charge >= 0.3 is 0 Å². The van der Waals surface area contributed by atoms with Crippen LogP contribution < -0.4 is 4.72 Å². The van der Waals surface area contributed by atoms with E-state index in [0.29, 0.717) is 30.8 Å². The van der Waals surface area contributed by atoms with E-state index in [1.807, 2.05) is 0 Å². The molecule has 0 radical (unpaired) electrons. The van der Waals surface area contributed by atoms with Gasteiger partial charge in [-0.1, -0.05) is 0 Å². The van der Waals surface area contributed by atoms with Gasteiger partial charge in [-0.3, -0.25) is 9.59 Å². The summed E-state index contributed by atoms with van der Waals surface area (Å²) in [6, 6.07) is 1.33. The van der Waals surface area contributed by atoms with Gasteiger partial charge in [-0.05, 0) is 31.7 Å². The van der Waals surface area contributed by atoms with Crippen LogP contribution in [0.1, 0.15) is 46.5 Å². The fourth-order valence-corrected chi connectivity index (χ4v) is 4.27. The van der Waals surface area contributed by atoms with Crippen LogP contribution in [0.2, 0.25) is 0 Å². The van der Waals surface area contributed by atoms with Crippen molar-refractivity contribution >= 4 is 21.8 Å². The van der Waals surface area contributed by atoms with Gasteiger partial charge in [0.25, 0.3) is 11.8 Å². The second-order valence-electron chi connectivity index (χ2n) is 6.78. The van der Waals surface area contributed by atoms with Gasteiger partial charge in [-0.15, -0.1) is 0 Å². The van der Waals surface area contributed by atoms with E-state index in [1.165, 1.54) is 0 Å². The molecule has 0 aliphatic carbocycles. The molecule has 3 rings (SSSR count). The topological polar surface area (TPSA) is 103 Å². The number of carbonyl (C=O) groups is 2. The van der Waals surface area contributed by atoms with E-state index in [1.54, 1.807) is 22.1 Å². The molecular formula is C16H24N4O4S. The zero-order valence-electron chi connectivity index (χ0n) is 14.3. The van der Waals surface area contributed by atoms with Gasteiger partial charge in [-0.2, -0.15) is 0 Å². The lowest BCUT2D eigenvalue weighted by molar-refractivity contribution is 0.0703. The van der Waals surface area contributed by atoms with Gasteiger partial charge in [0.05, 0.1) is 11.8 Å². The van der Waals surface area contributed by atoms with Gasteiger partial charge in [0.2, 0.25) is 10.0 Å². The predicted octanol–water partition coefficient (Wildman–Crippen LogP) is 0.405. The zero-order valence-corrected chi connectivity index (χ0v) is 15.1. The van der Waals surface area contributed by atoms with Gasteiger partial charge in [0.15, 0.2) is 0 Å². The smallest absolute Gasteiger partial charge is 0.270 e. The van der Waals surface area contributed by atoms with Crippen LogP contribution in [0.25, 0.3) is 0 Å². The fraction of sp³-hybridized carbons (Fsp3) is 0.625. The van der Waals surface area contributed by atoms with Crippen LogP contribution in [-0.2, 0) is 10.0 Å². The number of amides is 2. The van der Waals surface area contributed by atoms with Crippen LogP contribution in [0.15, 0.2) is 12.3 Å². The lowest BCUT2D eigenvalue weighted by Gasteiger charge is -2.32. The third-order valence-corrected chi connectivity index (χ3v) is 5.40. The highest BCUT2D eigenvalue weighted by Gasteiger charge is 2.28. The van der Waals surface area contributed by atoms with E-state index in [9.17, 15) is 18.0 Å². The maximum atomic E-state index is 12.7. The minimum Gasteiger partial charge on any atom is -0.356 e. The molecule has 0 unspecified atom stereocenters. The van der Waals surface area contributed by atoms with Crippen molar-refractivity contribution in [2.24, 2.45) is 0 Å². The third-order valence-electron chi connectivity index (χ3n) is 4.64. The number of piperidine rings is 1. The number of rotatable bonds is 4. The van der Waals surface area contributed by atoms with Crippen LogP contribution in [0.3, 0.4) is 0 Å². The van der Waals surface area contributed by atoms with Crippen LogP contribution in [0.4, 0.5) is 0 Å². The Kier molecular flexibility index (Phi) is 5.14. The second kappa shape index (κ2) is 7.17. The van der Waals surface area contributed by atoms with Crippen molar-refractivity contribution in [3.8, 4) is 0 Å². The molecule has 2 saturated heterocycles. The summed E-state index contributed by atoms with van der Waals surface area (Å²) in [5, 5.41) is 0. The minimum absolute atomic E-state index is 0.0770. The molecule has 2 aliphatic rings. The van der Waals surface area contributed by atoms with Crippen molar-refractivity contribution in [1.29, 1.82) is 0 Å². The van der Waals surface area contributed by atoms with E-state index in [-0.39, 0.29) is 17.9 Å². The average Bonchev–Trinajstić information content (AvgIpc) is 3.24. The number of carbonyl (C=O) groups excluding carboxylic acids is 2. The molecule has 1 atom stereocenters. The first-order valence-corrected chi connectivity index (χ1v) is 10.5. The molecule has 0 bridgehead atoms. The number of H-pyrrole nitrogens is 1. The summed E-state index contributed by atoms with van der Waals surface area (Å²) in [4.78, 5) is 31.4. The third kappa shape index (κ3) is 4.40. The largest absolute Gasteiger partial charge is 0.356 e. The van der Waals surface area contributed by atoms with Crippen LogP contribution in [0.5, 0.6) is 0 Å². The molecule has 2 N–H and O–H groups in total.